The lowest BCUT2D eigenvalue weighted by molar-refractivity contribution is -0.117. The van der Waals surface area contributed by atoms with E-state index in [1.165, 1.54) is 6.92 Å². The van der Waals surface area contributed by atoms with Crippen LogP contribution >= 0.6 is 0 Å². The van der Waals surface area contributed by atoms with Crippen molar-refractivity contribution >= 4 is 29.1 Å². The molecular formula is C18H19N3O3. The quantitative estimate of drug-likeness (QED) is 0.789. The molecule has 2 rings (SSSR count). The molecule has 6 heteroatoms. The molecule has 0 aliphatic carbocycles. The molecule has 1 atom stereocenters. The Balaban J connectivity index is 1.96. The highest BCUT2D eigenvalue weighted by Gasteiger charge is 2.16. The molecule has 0 heterocycles. The van der Waals surface area contributed by atoms with Crippen LogP contribution in [-0.2, 0) is 9.59 Å². The average molecular weight is 325 g/mol. The lowest BCUT2D eigenvalue weighted by Crippen LogP contribution is -2.41. The Morgan fingerprint density at radius 1 is 0.875 bits per heavy atom. The summed E-state index contributed by atoms with van der Waals surface area (Å²) in [4.78, 5) is 35.3. The number of hydrogen-bond donors (Lipinski definition) is 3. The maximum Gasteiger partial charge on any atom is 0.251 e. The van der Waals surface area contributed by atoms with Gasteiger partial charge in [0.1, 0.15) is 6.04 Å². The van der Waals surface area contributed by atoms with Crippen molar-refractivity contribution in [3.63, 3.8) is 0 Å². The summed E-state index contributed by atoms with van der Waals surface area (Å²) < 4.78 is 0. The normalized spacial score (nSPS) is 11.2. The van der Waals surface area contributed by atoms with Gasteiger partial charge in [0.25, 0.3) is 5.91 Å². The third-order valence-electron chi connectivity index (χ3n) is 3.23. The largest absolute Gasteiger partial charge is 0.341 e. The third kappa shape index (κ3) is 4.95. The monoisotopic (exact) mass is 325 g/mol. The van der Waals surface area contributed by atoms with Crippen molar-refractivity contribution in [3.05, 3.63) is 60.2 Å². The molecule has 3 amide bonds. The molecule has 0 fully saturated rings. The molecular weight excluding hydrogens is 306 g/mol. The second-order valence-electron chi connectivity index (χ2n) is 5.31. The van der Waals surface area contributed by atoms with Crippen molar-refractivity contribution in [3.8, 4) is 0 Å². The first kappa shape index (κ1) is 17.2. The van der Waals surface area contributed by atoms with Crippen molar-refractivity contribution < 1.29 is 14.4 Å². The summed E-state index contributed by atoms with van der Waals surface area (Å²) in [7, 11) is 0. The van der Waals surface area contributed by atoms with Crippen LogP contribution < -0.4 is 16.0 Å². The fourth-order valence-electron chi connectivity index (χ4n) is 2.06. The molecule has 0 aromatic heterocycles. The van der Waals surface area contributed by atoms with Crippen molar-refractivity contribution in [2.45, 2.75) is 19.9 Å². The van der Waals surface area contributed by atoms with E-state index < -0.39 is 6.04 Å². The van der Waals surface area contributed by atoms with Crippen molar-refractivity contribution in [2.75, 3.05) is 10.6 Å². The number of nitrogens with one attached hydrogen (secondary N) is 3. The van der Waals surface area contributed by atoms with E-state index in [0.717, 1.165) is 0 Å². The summed E-state index contributed by atoms with van der Waals surface area (Å²) >= 11 is 0. The number of amides is 3. The van der Waals surface area contributed by atoms with Gasteiger partial charge in [0.15, 0.2) is 0 Å². The lowest BCUT2D eigenvalue weighted by atomic mass is 10.2. The molecule has 24 heavy (non-hydrogen) atoms. The summed E-state index contributed by atoms with van der Waals surface area (Å²) in [5.41, 5.74) is 1.61. The van der Waals surface area contributed by atoms with Crippen molar-refractivity contribution in [2.24, 2.45) is 0 Å². The Labute approximate surface area is 140 Å². The van der Waals surface area contributed by atoms with Crippen LogP contribution in [0.5, 0.6) is 0 Å². The van der Waals surface area contributed by atoms with E-state index in [4.69, 9.17) is 0 Å². The summed E-state index contributed by atoms with van der Waals surface area (Å²) in [6, 6.07) is 14.8. The summed E-state index contributed by atoms with van der Waals surface area (Å²) in [6.45, 7) is 3.01. The standard InChI is InChI=1S/C18H19N3O3/c1-12(19-18(24)14-7-4-3-5-8-14)17(23)21-16-10-6-9-15(11-16)20-13(2)22/h3-12H,1-2H3,(H,19,24)(H,20,22)(H,21,23). The first-order valence-electron chi connectivity index (χ1n) is 7.50. The Morgan fingerprint density at radius 2 is 1.50 bits per heavy atom. The first-order chi connectivity index (χ1) is 11.5. The molecule has 0 radical (unpaired) electrons. The Bertz CT molecular complexity index is 744. The highest BCUT2D eigenvalue weighted by Crippen LogP contribution is 2.15. The van der Waals surface area contributed by atoms with E-state index in [2.05, 4.69) is 16.0 Å². The van der Waals surface area contributed by atoms with Gasteiger partial charge >= 0.3 is 0 Å². The molecule has 0 spiro atoms. The van der Waals surface area contributed by atoms with E-state index in [0.29, 0.717) is 16.9 Å². The third-order valence-corrected chi connectivity index (χ3v) is 3.23. The van der Waals surface area contributed by atoms with Crippen LogP contribution in [0.25, 0.3) is 0 Å². The van der Waals surface area contributed by atoms with E-state index >= 15 is 0 Å². The number of anilines is 2. The van der Waals surface area contributed by atoms with Crippen LogP contribution in [0, 0.1) is 0 Å². The Kier molecular flexibility index (Phi) is 5.68. The zero-order valence-corrected chi connectivity index (χ0v) is 13.5. The zero-order valence-electron chi connectivity index (χ0n) is 13.5. The topological polar surface area (TPSA) is 87.3 Å². The van der Waals surface area contributed by atoms with Crippen LogP contribution in [0.2, 0.25) is 0 Å². The van der Waals surface area contributed by atoms with E-state index in [1.807, 2.05) is 6.07 Å². The van der Waals surface area contributed by atoms with Gasteiger partial charge in [0.2, 0.25) is 11.8 Å². The van der Waals surface area contributed by atoms with Gasteiger partial charge in [-0.05, 0) is 37.3 Å². The van der Waals surface area contributed by atoms with E-state index in [9.17, 15) is 14.4 Å². The zero-order chi connectivity index (χ0) is 17.5. The molecule has 0 aliphatic heterocycles. The second-order valence-corrected chi connectivity index (χ2v) is 5.31. The maximum absolute atomic E-state index is 12.2. The molecule has 3 N–H and O–H groups in total. The molecule has 6 nitrogen and oxygen atoms in total. The maximum atomic E-state index is 12.2. The fourth-order valence-corrected chi connectivity index (χ4v) is 2.06. The SMILES string of the molecule is CC(=O)Nc1cccc(NC(=O)C(C)NC(=O)c2ccccc2)c1. The fraction of sp³-hybridized carbons (Fsp3) is 0.167. The van der Waals surface area contributed by atoms with Crippen LogP contribution in [0.4, 0.5) is 11.4 Å². The van der Waals surface area contributed by atoms with Crippen molar-refractivity contribution in [1.82, 2.24) is 5.32 Å². The predicted molar refractivity (Wildman–Crippen MR) is 92.7 cm³/mol. The van der Waals surface area contributed by atoms with Gasteiger partial charge in [-0.2, -0.15) is 0 Å². The summed E-state index contributed by atoms with van der Waals surface area (Å²) in [5.74, 6) is -0.855. The average Bonchev–Trinajstić information content (AvgIpc) is 2.55. The minimum atomic E-state index is -0.706. The van der Waals surface area contributed by atoms with Gasteiger partial charge in [-0.25, -0.2) is 0 Å². The number of rotatable bonds is 5. The van der Waals surface area contributed by atoms with Crippen molar-refractivity contribution in [1.29, 1.82) is 0 Å². The lowest BCUT2D eigenvalue weighted by Gasteiger charge is -2.14. The molecule has 0 aliphatic rings. The first-order valence-corrected chi connectivity index (χ1v) is 7.50. The van der Waals surface area contributed by atoms with E-state index in [-0.39, 0.29) is 17.7 Å². The van der Waals surface area contributed by atoms with Gasteiger partial charge in [-0.15, -0.1) is 0 Å². The molecule has 0 saturated carbocycles. The van der Waals surface area contributed by atoms with Gasteiger partial charge < -0.3 is 16.0 Å². The van der Waals surface area contributed by atoms with Gasteiger partial charge in [0.05, 0.1) is 0 Å². The minimum Gasteiger partial charge on any atom is -0.341 e. The molecule has 0 bridgehead atoms. The second kappa shape index (κ2) is 7.92. The number of hydrogen-bond acceptors (Lipinski definition) is 3. The van der Waals surface area contributed by atoms with Crippen LogP contribution in [0.15, 0.2) is 54.6 Å². The molecule has 124 valence electrons. The highest BCUT2D eigenvalue weighted by atomic mass is 16.2. The van der Waals surface area contributed by atoms with Crippen LogP contribution in [-0.4, -0.2) is 23.8 Å². The van der Waals surface area contributed by atoms with Gasteiger partial charge in [-0.3, -0.25) is 14.4 Å². The van der Waals surface area contributed by atoms with Crippen LogP contribution in [0.3, 0.4) is 0 Å². The summed E-state index contributed by atoms with van der Waals surface area (Å²) in [6.07, 6.45) is 0. The Hall–Kier alpha value is -3.15. The van der Waals surface area contributed by atoms with Gasteiger partial charge in [0, 0.05) is 23.9 Å². The van der Waals surface area contributed by atoms with E-state index in [1.54, 1.807) is 55.5 Å². The van der Waals surface area contributed by atoms with Gasteiger partial charge in [-0.1, -0.05) is 24.3 Å². The smallest absolute Gasteiger partial charge is 0.251 e. The Morgan fingerprint density at radius 3 is 2.12 bits per heavy atom. The van der Waals surface area contributed by atoms with Crippen LogP contribution in [0.1, 0.15) is 24.2 Å². The number of carbonyl (C=O) groups excluding carboxylic acids is 3. The predicted octanol–water partition coefficient (Wildman–Crippen LogP) is 2.40. The molecule has 1 unspecified atom stereocenters. The number of carbonyl (C=O) groups is 3. The summed E-state index contributed by atoms with van der Waals surface area (Å²) in [5, 5.41) is 7.99. The minimum absolute atomic E-state index is 0.193. The molecule has 2 aromatic rings. The highest BCUT2D eigenvalue weighted by molar-refractivity contribution is 6.01. The molecule has 0 saturated heterocycles. The number of benzene rings is 2. The molecule has 2 aromatic carbocycles.